The minimum Gasteiger partial charge on any atom is -0.445 e. The molecule has 3 aromatic rings. The summed E-state index contributed by atoms with van der Waals surface area (Å²) in [4.78, 5) is 0. The highest BCUT2D eigenvalue weighted by molar-refractivity contribution is 6.87. The van der Waals surface area contributed by atoms with E-state index >= 15 is 0 Å². The van der Waals surface area contributed by atoms with Gasteiger partial charge in [0.2, 0.25) is 0 Å². The molecule has 168 valence electrons. The lowest BCUT2D eigenvalue weighted by molar-refractivity contribution is -0.138. The summed E-state index contributed by atoms with van der Waals surface area (Å²) in [6.45, 7) is 0. The Morgan fingerprint density at radius 3 is 1.00 bits per heavy atom. The number of hydrogen-bond donors (Lipinski definition) is 0. The van der Waals surface area contributed by atoms with Gasteiger partial charge in [-0.2, -0.15) is 26.3 Å². The molecule has 0 saturated carbocycles. The lowest BCUT2D eigenvalue weighted by Crippen LogP contribution is -2.61. The molecular weight excluding hydrogens is 454 g/mol. The van der Waals surface area contributed by atoms with E-state index < -0.39 is 50.7 Å². The van der Waals surface area contributed by atoms with E-state index in [1.54, 1.807) is 0 Å². The summed E-state index contributed by atoms with van der Waals surface area (Å²) in [5, 5.41) is 0. The molecule has 13 heteroatoms. The monoisotopic (exact) mass is 466 g/mol. The second kappa shape index (κ2) is 8.88. The lowest BCUT2D eigenvalue weighted by Gasteiger charge is -2.31. The van der Waals surface area contributed by atoms with Crippen molar-refractivity contribution in [3.63, 3.8) is 0 Å². The molecule has 1 aliphatic rings. The Bertz CT molecular complexity index is 1020. The summed E-state index contributed by atoms with van der Waals surface area (Å²) < 4.78 is 108. The van der Waals surface area contributed by atoms with Crippen molar-refractivity contribution in [2.24, 2.45) is 0 Å². The van der Waals surface area contributed by atoms with Crippen molar-refractivity contribution >= 4 is 37.7 Å². The number of hydrogen-bond acceptors (Lipinski definition) is 3. The van der Waals surface area contributed by atoms with Gasteiger partial charge in [-0.05, 0) is 28.5 Å². The van der Waals surface area contributed by atoms with E-state index in [2.05, 4.69) is 0 Å². The highest BCUT2D eigenvalue weighted by Crippen LogP contribution is 2.29. The van der Waals surface area contributed by atoms with Crippen LogP contribution in [0.4, 0.5) is 30.7 Å². The van der Waals surface area contributed by atoms with Gasteiger partial charge in [-0.1, -0.05) is 60.7 Å². The average molecular weight is 466 g/mol. The molecule has 0 atom stereocenters. The smallest absolute Gasteiger partial charge is 0.445 e. The number of alkyl halides is 6. The molecule has 0 N–H and O–H groups in total. The predicted molar refractivity (Wildman–Crippen MR) is 109 cm³/mol. The third-order valence-corrected chi connectivity index (χ3v) is 4.90. The van der Waals surface area contributed by atoms with Crippen LogP contribution in [0.25, 0.3) is 0 Å². The number of rotatable bonds is 3. The van der Waals surface area contributed by atoms with Gasteiger partial charge in [0, 0.05) is 0 Å². The Balaban J connectivity index is 1.64. The van der Waals surface area contributed by atoms with Gasteiger partial charge in [0.25, 0.3) is 0 Å². The Labute approximate surface area is 184 Å². The molecule has 3 nitrogen and oxygen atoms in total. The van der Waals surface area contributed by atoms with Crippen LogP contribution in [0, 0.1) is 5.82 Å². The first-order valence-electron chi connectivity index (χ1n) is 9.57. The van der Waals surface area contributed by atoms with Crippen molar-refractivity contribution in [1.82, 2.24) is 0 Å². The molecule has 33 heavy (non-hydrogen) atoms. The maximum atomic E-state index is 13.3. The molecule has 0 radical (unpaired) electrons. The molecule has 0 aliphatic carbocycles. The summed E-state index contributed by atoms with van der Waals surface area (Å²) in [6.07, 6.45) is -9.06. The van der Waals surface area contributed by atoms with Gasteiger partial charge in [0.1, 0.15) is 5.82 Å². The second-order valence-electron chi connectivity index (χ2n) is 7.20. The molecule has 1 aliphatic heterocycles. The maximum Gasteiger partial charge on any atom is 0.467 e. The molecule has 0 bridgehead atoms. The quantitative estimate of drug-likeness (QED) is 0.438. The average Bonchev–Trinajstić information content (AvgIpc) is 2.78. The minimum absolute atomic E-state index is 0.232. The molecule has 1 saturated heterocycles. The highest BCUT2D eigenvalue weighted by atomic mass is 19.4. The topological polar surface area (TPSA) is 27.7 Å². The maximum absolute atomic E-state index is 13.3. The van der Waals surface area contributed by atoms with Crippen LogP contribution in [0.3, 0.4) is 0 Å². The molecule has 0 unspecified atom stereocenters. The van der Waals surface area contributed by atoms with E-state index in [-0.39, 0.29) is 10.9 Å². The summed E-state index contributed by atoms with van der Waals surface area (Å²) >= 11 is 0. The van der Waals surface area contributed by atoms with Crippen LogP contribution in [-0.2, 0) is 26.1 Å². The largest absolute Gasteiger partial charge is 0.467 e. The van der Waals surface area contributed by atoms with Gasteiger partial charge in [-0.15, -0.1) is 0 Å². The van der Waals surface area contributed by atoms with Crippen molar-refractivity contribution in [1.29, 1.82) is 0 Å². The first-order valence-corrected chi connectivity index (χ1v) is 9.57. The molecule has 1 heterocycles. The van der Waals surface area contributed by atoms with E-state index in [1.165, 1.54) is 36.4 Å². The predicted octanol–water partition coefficient (Wildman–Crippen LogP) is 3.41. The summed E-state index contributed by atoms with van der Waals surface area (Å²) in [7, 11) is -3.54. The van der Waals surface area contributed by atoms with E-state index in [0.29, 0.717) is 5.46 Å². The van der Waals surface area contributed by atoms with Crippen LogP contribution in [0.1, 0.15) is 11.1 Å². The van der Waals surface area contributed by atoms with Crippen LogP contribution in [0.5, 0.6) is 0 Å². The zero-order chi connectivity index (χ0) is 23.8. The molecular formula is C20H12B3F7O3. The van der Waals surface area contributed by atoms with Gasteiger partial charge in [-0.25, -0.2) is 4.39 Å². The normalized spacial score (nSPS) is 15.2. The van der Waals surface area contributed by atoms with Gasteiger partial charge in [0.05, 0.1) is 11.1 Å². The van der Waals surface area contributed by atoms with Crippen LogP contribution >= 0.6 is 0 Å². The standard InChI is InChI=1S/C20H12B3F7O3/c24-18-11-9-17(10-12-18)23-32-21(15-5-1-13(2-6-15)19(25,26)27)31-22(33-23)16-7-3-14(4-8-16)20(28,29)30/h1-12H. The van der Waals surface area contributed by atoms with Crippen molar-refractivity contribution in [3.05, 3.63) is 89.7 Å². The second-order valence-corrected chi connectivity index (χ2v) is 7.20. The zero-order valence-electron chi connectivity index (χ0n) is 16.5. The van der Waals surface area contributed by atoms with Gasteiger partial charge < -0.3 is 13.7 Å². The molecule has 0 spiro atoms. The van der Waals surface area contributed by atoms with Crippen LogP contribution in [0.2, 0.25) is 0 Å². The fourth-order valence-corrected chi connectivity index (χ4v) is 3.18. The van der Waals surface area contributed by atoms with E-state index in [0.717, 1.165) is 36.4 Å². The number of halogens is 7. The first kappa shape index (κ1) is 23.4. The fourth-order valence-electron chi connectivity index (χ4n) is 3.18. The SMILES string of the molecule is Fc1ccc(B2OB(c3ccc(C(F)(F)F)cc3)OB(c3ccc(C(F)(F)F)cc3)O2)cc1. The summed E-state index contributed by atoms with van der Waals surface area (Å²) in [6, 6.07) is 13.2. The molecule has 0 aromatic heterocycles. The molecule has 3 aromatic carbocycles. The van der Waals surface area contributed by atoms with E-state index in [9.17, 15) is 30.7 Å². The van der Waals surface area contributed by atoms with Crippen LogP contribution < -0.4 is 16.4 Å². The van der Waals surface area contributed by atoms with Crippen molar-refractivity contribution < 1.29 is 44.4 Å². The lowest BCUT2D eigenvalue weighted by atomic mass is 9.61. The molecule has 4 rings (SSSR count). The minimum atomic E-state index is -4.53. The van der Waals surface area contributed by atoms with E-state index in [4.69, 9.17) is 13.7 Å². The third kappa shape index (κ3) is 5.43. The Hall–Kier alpha value is -2.76. The molecule has 1 fully saturated rings. The van der Waals surface area contributed by atoms with Crippen LogP contribution in [0.15, 0.2) is 72.8 Å². The van der Waals surface area contributed by atoms with Crippen LogP contribution in [-0.4, -0.2) is 21.4 Å². The summed E-state index contributed by atoms with van der Waals surface area (Å²) in [5.74, 6) is -0.510. The Morgan fingerprint density at radius 1 is 0.455 bits per heavy atom. The van der Waals surface area contributed by atoms with Gasteiger partial charge in [0.15, 0.2) is 0 Å². The van der Waals surface area contributed by atoms with Gasteiger partial charge in [-0.3, -0.25) is 0 Å². The van der Waals surface area contributed by atoms with Crippen molar-refractivity contribution in [2.45, 2.75) is 12.4 Å². The fraction of sp³-hybridized carbons (Fsp3) is 0.100. The zero-order valence-corrected chi connectivity index (χ0v) is 16.5. The van der Waals surface area contributed by atoms with Crippen molar-refractivity contribution in [3.8, 4) is 0 Å². The molecule has 0 amide bonds. The highest BCUT2D eigenvalue weighted by Gasteiger charge is 2.44. The first-order chi connectivity index (χ1) is 15.5. The Morgan fingerprint density at radius 2 is 0.727 bits per heavy atom. The number of benzene rings is 3. The van der Waals surface area contributed by atoms with E-state index in [1.807, 2.05) is 0 Å². The third-order valence-electron chi connectivity index (χ3n) is 4.90. The summed E-state index contributed by atoms with van der Waals surface area (Å²) in [5.41, 5.74) is -0.889. The van der Waals surface area contributed by atoms with Gasteiger partial charge >= 0.3 is 33.7 Å². The van der Waals surface area contributed by atoms with Crippen molar-refractivity contribution in [2.75, 3.05) is 0 Å². The Kier molecular flexibility index (Phi) is 6.30.